The van der Waals surface area contributed by atoms with E-state index in [9.17, 15) is 14.4 Å². The molecule has 2 amide bonds. The molecule has 1 aromatic rings. The molecule has 1 rings (SSSR count). The Bertz CT molecular complexity index is 575. The lowest BCUT2D eigenvalue weighted by atomic mass is 10.2. The lowest BCUT2D eigenvalue weighted by molar-refractivity contribution is -0.138. The number of terminal acetylenes is 1. The van der Waals surface area contributed by atoms with Gasteiger partial charge in [-0.05, 0) is 24.3 Å². The van der Waals surface area contributed by atoms with E-state index >= 15 is 0 Å². The number of carbonyl (C=O) groups excluding carboxylic acids is 2. The van der Waals surface area contributed by atoms with Crippen LogP contribution < -0.4 is 11.1 Å². The Kier molecular flexibility index (Phi) is 5.92. The van der Waals surface area contributed by atoms with Gasteiger partial charge in [-0.25, -0.2) is 0 Å². The van der Waals surface area contributed by atoms with Gasteiger partial charge in [0.05, 0.1) is 19.6 Å². The number of carbonyl (C=O) groups is 3. The summed E-state index contributed by atoms with van der Waals surface area (Å²) < 4.78 is 0. The van der Waals surface area contributed by atoms with Crippen LogP contribution in [0.4, 0.5) is 5.69 Å². The number of nitrogens with one attached hydrogen (secondary N) is 1. The van der Waals surface area contributed by atoms with Crippen LogP contribution in [0, 0.1) is 12.3 Å². The number of anilines is 1. The average Bonchev–Trinajstić information content (AvgIpc) is 2.38. The average molecular weight is 289 g/mol. The van der Waals surface area contributed by atoms with E-state index in [0.717, 1.165) is 0 Å². The van der Waals surface area contributed by atoms with Crippen LogP contribution in [0.1, 0.15) is 10.4 Å². The lowest BCUT2D eigenvalue weighted by Gasteiger charge is -2.16. The van der Waals surface area contributed by atoms with Gasteiger partial charge in [0.2, 0.25) is 11.8 Å². The minimum atomic E-state index is -1.07. The Morgan fingerprint density at radius 1 is 1.24 bits per heavy atom. The van der Waals surface area contributed by atoms with E-state index in [-0.39, 0.29) is 19.6 Å². The lowest BCUT2D eigenvalue weighted by Crippen LogP contribution is -2.37. The highest BCUT2D eigenvalue weighted by atomic mass is 16.4. The molecule has 0 aliphatic carbocycles. The van der Waals surface area contributed by atoms with Gasteiger partial charge >= 0.3 is 5.97 Å². The molecule has 0 bridgehead atoms. The summed E-state index contributed by atoms with van der Waals surface area (Å²) in [6.45, 7) is -0.410. The Morgan fingerprint density at radius 3 is 2.33 bits per heavy atom. The number of hydrogen-bond acceptors (Lipinski definition) is 4. The number of primary amides is 1. The molecule has 4 N–H and O–H groups in total. The van der Waals surface area contributed by atoms with Crippen molar-refractivity contribution in [2.45, 2.75) is 0 Å². The number of nitrogens with zero attached hydrogens (tertiary/aromatic N) is 1. The van der Waals surface area contributed by atoms with Crippen LogP contribution in [-0.4, -0.2) is 47.4 Å². The van der Waals surface area contributed by atoms with Crippen LogP contribution in [-0.2, 0) is 9.59 Å². The van der Waals surface area contributed by atoms with Gasteiger partial charge in [0.15, 0.2) is 0 Å². The molecule has 0 fully saturated rings. The van der Waals surface area contributed by atoms with E-state index in [1.54, 1.807) is 0 Å². The monoisotopic (exact) mass is 289 g/mol. The van der Waals surface area contributed by atoms with Crippen LogP contribution in [0.25, 0.3) is 0 Å². The third kappa shape index (κ3) is 5.76. The molecule has 0 spiro atoms. The molecule has 21 heavy (non-hydrogen) atoms. The van der Waals surface area contributed by atoms with Crippen molar-refractivity contribution in [2.24, 2.45) is 5.73 Å². The highest BCUT2D eigenvalue weighted by Crippen LogP contribution is 2.09. The van der Waals surface area contributed by atoms with Crippen molar-refractivity contribution in [1.29, 1.82) is 0 Å². The van der Waals surface area contributed by atoms with Crippen molar-refractivity contribution >= 4 is 23.5 Å². The quantitative estimate of drug-likeness (QED) is 0.599. The smallest absolute Gasteiger partial charge is 0.317 e. The van der Waals surface area contributed by atoms with Gasteiger partial charge in [0.1, 0.15) is 0 Å². The second kappa shape index (κ2) is 7.67. The van der Waals surface area contributed by atoms with Crippen LogP contribution in [0.5, 0.6) is 0 Å². The zero-order chi connectivity index (χ0) is 15.8. The summed E-state index contributed by atoms with van der Waals surface area (Å²) in [5.41, 5.74) is 5.90. The number of benzene rings is 1. The Morgan fingerprint density at radius 2 is 1.86 bits per heavy atom. The first-order valence-corrected chi connectivity index (χ1v) is 5.99. The third-order valence-corrected chi connectivity index (χ3v) is 2.49. The van der Waals surface area contributed by atoms with Crippen molar-refractivity contribution in [1.82, 2.24) is 4.90 Å². The molecule has 0 saturated heterocycles. The van der Waals surface area contributed by atoms with Crippen molar-refractivity contribution in [3.8, 4) is 12.3 Å². The van der Waals surface area contributed by atoms with Crippen molar-refractivity contribution in [3.05, 3.63) is 29.8 Å². The van der Waals surface area contributed by atoms with Gasteiger partial charge in [-0.2, -0.15) is 0 Å². The SMILES string of the molecule is C#CCN(CC(=O)O)CC(=O)Nc1ccc(C(N)=O)cc1. The predicted octanol–water partition coefficient (Wildman–Crippen LogP) is -0.256. The van der Waals surface area contributed by atoms with Crippen molar-refractivity contribution < 1.29 is 19.5 Å². The molecule has 7 nitrogen and oxygen atoms in total. The molecule has 7 heteroatoms. The number of carboxylic acid groups (broad SMARTS) is 1. The molecule has 0 saturated carbocycles. The molecule has 110 valence electrons. The van der Waals surface area contributed by atoms with Gasteiger partial charge in [0, 0.05) is 11.3 Å². The minimum Gasteiger partial charge on any atom is -0.480 e. The summed E-state index contributed by atoms with van der Waals surface area (Å²) in [6.07, 6.45) is 5.12. The maximum Gasteiger partial charge on any atom is 0.317 e. The number of rotatable bonds is 7. The second-order valence-corrected chi connectivity index (χ2v) is 4.23. The highest BCUT2D eigenvalue weighted by molar-refractivity contribution is 5.95. The molecule has 0 aromatic heterocycles. The maximum absolute atomic E-state index is 11.8. The van der Waals surface area contributed by atoms with Crippen molar-refractivity contribution in [2.75, 3.05) is 25.0 Å². The first-order valence-electron chi connectivity index (χ1n) is 5.99. The third-order valence-electron chi connectivity index (χ3n) is 2.49. The number of carboxylic acids is 1. The van der Waals surface area contributed by atoms with Gasteiger partial charge < -0.3 is 16.2 Å². The van der Waals surface area contributed by atoms with Gasteiger partial charge in [-0.1, -0.05) is 5.92 Å². The Hall–Kier alpha value is -2.85. The molecule has 0 unspecified atom stereocenters. The van der Waals surface area contributed by atoms with E-state index in [2.05, 4.69) is 11.2 Å². The molecule has 0 aliphatic heterocycles. The van der Waals surface area contributed by atoms with E-state index in [1.165, 1.54) is 29.2 Å². The number of hydrogen-bond donors (Lipinski definition) is 3. The first-order chi connectivity index (χ1) is 9.92. The van der Waals surface area contributed by atoms with Crippen LogP contribution in [0.15, 0.2) is 24.3 Å². The number of nitrogens with two attached hydrogens (primary N) is 1. The topological polar surface area (TPSA) is 113 Å². The predicted molar refractivity (Wildman–Crippen MR) is 76.5 cm³/mol. The molecule has 0 atom stereocenters. The fourth-order valence-corrected chi connectivity index (χ4v) is 1.61. The Balaban J connectivity index is 2.61. The molecular formula is C14H15N3O4. The minimum absolute atomic E-state index is 0.0559. The van der Waals surface area contributed by atoms with Crippen LogP contribution in [0.2, 0.25) is 0 Å². The fourth-order valence-electron chi connectivity index (χ4n) is 1.61. The molecular weight excluding hydrogens is 274 g/mol. The zero-order valence-electron chi connectivity index (χ0n) is 11.2. The Labute approximate surface area is 121 Å². The van der Waals surface area contributed by atoms with E-state index in [0.29, 0.717) is 11.3 Å². The van der Waals surface area contributed by atoms with E-state index in [1.807, 2.05) is 0 Å². The summed E-state index contributed by atoms with van der Waals surface area (Å²) >= 11 is 0. The van der Waals surface area contributed by atoms with Gasteiger partial charge in [0.25, 0.3) is 0 Å². The normalized spacial score (nSPS) is 9.90. The fraction of sp³-hybridized carbons (Fsp3) is 0.214. The molecule has 0 aliphatic rings. The second-order valence-electron chi connectivity index (χ2n) is 4.23. The molecule has 0 heterocycles. The van der Waals surface area contributed by atoms with E-state index in [4.69, 9.17) is 17.3 Å². The van der Waals surface area contributed by atoms with Gasteiger partial charge in [-0.15, -0.1) is 6.42 Å². The molecule has 1 aromatic carbocycles. The summed E-state index contributed by atoms with van der Waals surface area (Å²) in [7, 11) is 0. The summed E-state index contributed by atoms with van der Waals surface area (Å²) in [5, 5.41) is 11.3. The standard InChI is InChI=1S/C14H15N3O4/c1-2-7-17(9-13(19)20)8-12(18)16-11-5-3-10(4-6-11)14(15)21/h1,3-6H,7-9H2,(H2,15,21)(H,16,18)(H,19,20). The zero-order valence-corrected chi connectivity index (χ0v) is 11.2. The number of aliphatic carboxylic acids is 1. The van der Waals surface area contributed by atoms with E-state index < -0.39 is 17.8 Å². The highest BCUT2D eigenvalue weighted by Gasteiger charge is 2.13. The summed E-state index contributed by atoms with van der Waals surface area (Å²) in [5.74, 6) is 0.263. The molecule has 0 radical (unpaired) electrons. The van der Waals surface area contributed by atoms with Crippen molar-refractivity contribution in [3.63, 3.8) is 0 Å². The summed E-state index contributed by atoms with van der Waals surface area (Å²) in [4.78, 5) is 34.7. The van der Waals surface area contributed by atoms with Crippen LogP contribution in [0.3, 0.4) is 0 Å². The maximum atomic E-state index is 11.8. The summed E-state index contributed by atoms with van der Waals surface area (Å²) in [6, 6.07) is 6.02. The van der Waals surface area contributed by atoms with Crippen LogP contribution >= 0.6 is 0 Å². The number of amides is 2. The van der Waals surface area contributed by atoms with Gasteiger partial charge in [-0.3, -0.25) is 19.3 Å². The first kappa shape index (κ1) is 16.2. The largest absolute Gasteiger partial charge is 0.480 e.